The van der Waals surface area contributed by atoms with Gasteiger partial charge in [0.25, 0.3) is 0 Å². The van der Waals surface area contributed by atoms with Crippen LogP contribution in [-0.4, -0.2) is 0 Å². The topological polar surface area (TPSA) is 40.8 Å². The van der Waals surface area contributed by atoms with Crippen molar-refractivity contribution < 1.29 is 17.5 Å². The minimum Gasteiger partial charge on any atom is -0.454 e. The highest BCUT2D eigenvalue weighted by molar-refractivity contribution is 6.19. The first kappa shape index (κ1) is 20.0. The Bertz CT molecular complexity index is 2290. The molecule has 5 aromatic carbocycles. The second-order valence-corrected chi connectivity index (χ2v) is 9.93. The lowest BCUT2D eigenvalue weighted by molar-refractivity contribution is -0.661. The summed E-state index contributed by atoms with van der Waals surface area (Å²) in [5.41, 5.74) is 4.84. The third-order valence-corrected chi connectivity index (χ3v) is 7.66. The number of furan rings is 1. The Kier molecular flexibility index (Phi) is 4.37. The molecule has 7 rings (SSSR count). The molecule has 0 amide bonds. The molecule has 7 aromatic rings. The summed E-state index contributed by atoms with van der Waals surface area (Å²) in [5.74, 6) is -0.800. The number of hydrogen-bond donors (Lipinski definition) is 0. The number of nitrogens with zero attached hydrogens (tertiary/aromatic N) is 2. The van der Waals surface area contributed by atoms with Crippen molar-refractivity contribution in [2.45, 2.75) is 13.8 Å². The molecule has 0 saturated heterocycles. The Balaban J connectivity index is 1.59. The Hall–Kier alpha value is -5.01. The fourth-order valence-corrected chi connectivity index (χ4v) is 5.82. The Labute approximate surface area is 229 Å². The van der Waals surface area contributed by atoms with Crippen LogP contribution in [0.4, 0.5) is 4.39 Å². The van der Waals surface area contributed by atoms with Crippen molar-refractivity contribution in [2.75, 3.05) is 0 Å². The maximum atomic E-state index is 15.2. The molecule has 2 heterocycles. The van der Waals surface area contributed by atoms with Crippen molar-refractivity contribution in [3.63, 3.8) is 0 Å². The predicted octanol–water partition coefficient (Wildman–Crippen LogP) is 8.68. The highest BCUT2D eigenvalue weighted by Gasteiger charge is 2.25. The number of benzene rings is 5. The molecule has 0 radical (unpaired) electrons. The van der Waals surface area contributed by atoms with Crippen molar-refractivity contribution in [1.29, 1.82) is 5.26 Å². The van der Waals surface area contributed by atoms with Gasteiger partial charge in [0.15, 0.2) is 6.20 Å². The van der Waals surface area contributed by atoms with Gasteiger partial charge >= 0.3 is 0 Å². The lowest BCUT2D eigenvalue weighted by atomic mass is 9.90. The van der Waals surface area contributed by atoms with Gasteiger partial charge in [-0.05, 0) is 64.6 Å². The van der Waals surface area contributed by atoms with Crippen LogP contribution in [0.3, 0.4) is 0 Å². The van der Waals surface area contributed by atoms with E-state index in [1.807, 2.05) is 55.5 Å². The summed E-state index contributed by atoms with van der Waals surface area (Å²) in [4.78, 5) is 0. The summed E-state index contributed by atoms with van der Waals surface area (Å²) in [5, 5.41) is 16.2. The zero-order valence-electron chi connectivity index (χ0n) is 24.3. The molecular formula is C35H24FN2O+. The van der Waals surface area contributed by atoms with Crippen LogP contribution in [0.1, 0.15) is 20.8 Å². The highest BCUT2D eigenvalue weighted by Crippen LogP contribution is 2.44. The van der Waals surface area contributed by atoms with Crippen LogP contribution in [-0.2, 0) is 7.05 Å². The minimum atomic E-state index is -2.58. The zero-order chi connectivity index (χ0) is 29.3. The molecule has 4 heteroatoms. The maximum absolute atomic E-state index is 15.2. The van der Waals surface area contributed by atoms with Gasteiger partial charge in [-0.25, -0.2) is 8.96 Å². The second kappa shape index (κ2) is 8.51. The largest absolute Gasteiger partial charge is 0.454 e. The fraction of sp³-hybridized carbons (Fsp3) is 0.0857. The quantitative estimate of drug-likeness (QED) is 0.172. The third kappa shape index (κ3) is 3.37. The summed E-state index contributed by atoms with van der Waals surface area (Å²) in [6.45, 7) is -0.665. The number of rotatable bonds is 2. The van der Waals surface area contributed by atoms with Gasteiger partial charge in [-0.3, -0.25) is 0 Å². The van der Waals surface area contributed by atoms with Gasteiger partial charge in [0.2, 0.25) is 5.69 Å². The van der Waals surface area contributed by atoms with Crippen molar-refractivity contribution in [3.05, 3.63) is 114 Å². The van der Waals surface area contributed by atoms with Crippen molar-refractivity contribution >= 4 is 43.5 Å². The molecule has 0 atom stereocenters. The maximum Gasteiger partial charge on any atom is 0.219 e. The molecule has 0 aliphatic carbocycles. The third-order valence-electron chi connectivity index (χ3n) is 7.66. The molecule has 3 nitrogen and oxygen atoms in total. The molecule has 0 saturated carbocycles. The lowest BCUT2D eigenvalue weighted by Crippen LogP contribution is -2.31. The molecule has 0 fully saturated rings. The zero-order valence-corrected chi connectivity index (χ0v) is 21.3. The Morgan fingerprint density at radius 3 is 2.26 bits per heavy atom. The number of fused-ring (bicyclic) bond motifs is 6. The number of hydrogen-bond acceptors (Lipinski definition) is 2. The first-order valence-corrected chi connectivity index (χ1v) is 12.7. The number of aromatic nitrogens is 1. The Morgan fingerprint density at radius 1 is 0.795 bits per heavy atom. The number of aryl methyl sites for hydroxylation is 3. The highest BCUT2D eigenvalue weighted by atomic mass is 19.1. The van der Waals surface area contributed by atoms with Gasteiger partial charge in [0, 0.05) is 32.1 Å². The molecule has 2 aromatic heterocycles. The van der Waals surface area contributed by atoms with Gasteiger partial charge in [0.1, 0.15) is 24.0 Å². The number of halogens is 1. The normalized spacial score (nSPS) is 13.0. The van der Waals surface area contributed by atoms with Crippen LogP contribution < -0.4 is 4.57 Å². The van der Waals surface area contributed by atoms with Gasteiger partial charge in [-0.2, -0.15) is 5.26 Å². The Morgan fingerprint density at radius 2 is 1.49 bits per heavy atom. The monoisotopic (exact) mass is 510 g/mol. The van der Waals surface area contributed by atoms with E-state index in [0.29, 0.717) is 33.6 Å². The molecule has 0 aliphatic rings. The second-order valence-electron chi connectivity index (χ2n) is 9.93. The van der Waals surface area contributed by atoms with E-state index in [-0.39, 0.29) is 5.56 Å². The smallest absolute Gasteiger partial charge is 0.219 e. The fourth-order valence-electron chi connectivity index (χ4n) is 5.82. The van der Waals surface area contributed by atoms with Crippen molar-refractivity contribution in [2.24, 2.45) is 7.05 Å². The van der Waals surface area contributed by atoms with Gasteiger partial charge in [-0.15, -0.1) is 0 Å². The molecule has 0 aliphatic heterocycles. The van der Waals surface area contributed by atoms with E-state index in [9.17, 15) is 5.26 Å². The lowest BCUT2D eigenvalue weighted by Gasteiger charge is -2.12. The summed E-state index contributed by atoms with van der Waals surface area (Å²) >= 11 is 0. The van der Waals surface area contributed by atoms with E-state index in [0.717, 1.165) is 43.4 Å². The average Bonchev–Trinajstić information content (AvgIpc) is 3.35. The van der Waals surface area contributed by atoms with Crippen molar-refractivity contribution in [1.82, 2.24) is 0 Å². The molecule has 0 bridgehead atoms. The molecular weight excluding hydrogens is 483 g/mol. The van der Waals surface area contributed by atoms with Gasteiger partial charge in [-0.1, -0.05) is 60.7 Å². The van der Waals surface area contributed by atoms with Crippen LogP contribution in [0.2, 0.25) is 0 Å². The van der Waals surface area contributed by atoms with Gasteiger partial charge in [0.05, 0.1) is 17.2 Å². The first-order chi connectivity index (χ1) is 20.2. The average molecular weight is 511 g/mol. The summed E-state index contributed by atoms with van der Waals surface area (Å²) in [6, 6.07) is 29.7. The summed E-state index contributed by atoms with van der Waals surface area (Å²) in [7, 11) is 1.70. The van der Waals surface area contributed by atoms with Crippen LogP contribution in [0.25, 0.3) is 65.9 Å². The van der Waals surface area contributed by atoms with Crippen LogP contribution in [0.15, 0.2) is 95.5 Å². The molecule has 0 N–H and O–H groups in total. The molecule has 0 spiro atoms. The van der Waals surface area contributed by atoms with Crippen LogP contribution in [0.5, 0.6) is 0 Å². The van der Waals surface area contributed by atoms with E-state index in [2.05, 4.69) is 36.4 Å². The van der Waals surface area contributed by atoms with Crippen molar-refractivity contribution in [3.8, 4) is 28.5 Å². The van der Waals surface area contributed by atoms with Crippen LogP contribution >= 0.6 is 0 Å². The van der Waals surface area contributed by atoms with E-state index in [1.165, 1.54) is 12.3 Å². The van der Waals surface area contributed by atoms with E-state index < -0.39 is 12.7 Å². The van der Waals surface area contributed by atoms with Gasteiger partial charge < -0.3 is 4.42 Å². The predicted molar refractivity (Wildman–Crippen MR) is 155 cm³/mol. The molecule has 0 unspecified atom stereocenters. The molecule has 39 heavy (non-hydrogen) atoms. The van der Waals surface area contributed by atoms with E-state index in [1.54, 1.807) is 11.6 Å². The van der Waals surface area contributed by atoms with Crippen LogP contribution in [0, 0.1) is 30.9 Å². The summed E-state index contributed by atoms with van der Waals surface area (Å²) in [6.07, 6.45) is 1.32. The number of nitriles is 1. The summed E-state index contributed by atoms with van der Waals surface area (Å²) < 4.78 is 46.6. The van der Waals surface area contributed by atoms with E-state index >= 15 is 4.39 Å². The minimum absolute atomic E-state index is 0.340. The molecule has 186 valence electrons. The van der Waals surface area contributed by atoms with E-state index in [4.69, 9.17) is 8.53 Å². The first-order valence-electron chi connectivity index (χ1n) is 14.2. The standard InChI is InChI=1S/C35H24FN2O/c1-20-12-14-27-28-15-13-23(18-37)33(29-16-22-8-4-5-9-24(22)25-10-6-7-11-26(25)29)35(28)39-34(27)32(20)31-17-30(36)21(2)19-38(31)3/h4-17,19H,1-3H3/q+1/i2D3. The number of pyridine rings is 1. The SMILES string of the molecule is [2H]C([2H])([2H])c1c[n+](C)c(-c2c(C)ccc3c2oc2c(-c4cc5ccccc5c5ccccc45)c(C#N)ccc23)cc1F.